The minimum absolute atomic E-state index is 0.194. The van der Waals surface area contributed by atoms with Crippen LogP contribution >= 0.6 is 0 Å². The fourth-order valence-electron chi connectivity index (χ4n) is 2.29. The van der Waals surface area contributed by atoms with Crippen molar-refractivity contribution in [3.63, 3.8) is 0 Å². The van der Waals surface area contributed by atoms with Crippen LogP contribution in [0.4, 0.5) is 13.2 Å². The fraction of sp³-hybridized carbons (Fsp3) is 0.667. The molecule has 20 heavy (non-hydrogen) atoms. The Morgan fingerprint density at radius 3 is 2.95 bits per heavy atom. The molecule has 1 saturated heterocycles. The lowest BCUT2D eigenvalue weighted by molar-refractivity contribution is -0.141. The normalized spacial score (nSPS) is 23.8. The molecule has 2 rings (SSSR count). The quantitative estimate of drug-likeness (QED) is 0.765. The molecule has 1 aromatic heterocycles. The maximum absolute atomic E-state index is 12.6. The molecule has 0 spiro atoms. The molecule has 2 unspecified atom stereocenters. The van der Waals surface area contributed by atoms with E-state index in [0.29, 0.717) is 26.1 Å². The summed E-state index contributed by atoms with van der Waals surface area (Å²) < 4.78 is 37.9. The fourth-order valence-corrected chi connectivity index (χ4v) is 2.29. The first-order valence-electron chi connectivity index (χ1n) is 6.57. The van der Waals surface area contributed by atoms with Crippen molar-refractivity contribution in [1.82, 2.24) is 20.6 Å². The Balaban J connectivity index is 2.07. The highest BCUT2D eigenvalue weighted by atomic mass is 19.4. The third kappa shape index (κ3) is 3.87. The first-order valence-corrected chi connectivity index (χ1v) is 6.57. The Kier molecular flexibility index (Phi) is 4.90. The number of hydrogen-bond acceptors (Lipinski definition) is 5. The molecule has 0 radical (unpaired) electrons. The third-order valence-corrected chi connectivity index (χ3v) is 3.26. The standard InChI is InChI=1S/C12H18F3N5/c13-12(14,15)10-2-5-19-11(20-10)9-7-8(1-4-18-9)17-6-3-16/h2,5,8-9,17-18H,1,3-4,6-7,16H2. The van der Waals surface area contributed by atoms with E-state index < -0.39 is 11.9 Å². The van der Waals surface area contributed by atoms with Crippen molar-refractivity contribution >= 4 is 0 Å². The highest BCUT2D eigenvalue weighted by Crippen LogP contribution is 2.28. The van der Waals surface area contributed by atoms with Crippen molar-refractivity contribution in [1.29, 1.82) is 0 Å². The van der Waals surface area contributed by atoms with Crippen molar-refractivity contribution in [2.45, 2.75) is 31.1 Å². The first-order chi connectivity index (χ1) is 9.50. The average Bonchev–Trinajstić information content (AvgIpc) is 2.45. The van der Waals surface area contributed by atoms with Gasteiger partial charge in [0.15, 0.2) is 0 Å². The van der Waals surface area contributed by atoms with Crippen molar-refractivity contribution in [2.24, 2.45) is 5.73 Å². The average molecular weight is 289 g/mol. The van der Waals surface area contributed by atoms with E-state index in [0.717, 1.165) is 18.7 Å². The zero-order chi connectivity index (χ0) is 14.6. The number of hydrogen-bond donors (Lipinski definition) is 3. The van der Waals surface area contributed by atoms with E-state index in [1.165, 1.54) is 0 Å². The van der Waals surface area contributed by atoms with Gasteiger partial charge in [-0.3, -0.25) is 0 Å². The summed E-state index contributed by atoms with van der Waals surface area (Å²) in [5.74, 6) is 0.194. The molecule has 2 atom stereocenters. The Bertz CT molecular complexity index is 437. The lowest BCUT2D eigenvalue weighted by atomic mass is 9.98. The predicted octanol–water partition coefficient (Wildman–Crippen LogP) is 0.837. The van der Waals surface area contributed by atoms with Crippen LogP contribution < -0.4 is 16.4 Å². The Labute approximate surface area is 115 Å². The van der Waals surface area contributed by atoms with Gasteiger partial charge in [-0.25, -0.2) is 9.97 Å². The number of nitrogens with zero attached hydrogens (tertiary/aromatic N) is 2. The second kappa shape index (κ2) is 6.47. The Hall–Kier alpha value is -1.25. The maximum Gasteiger partial charge on any atom is 0.433 e. The Morgan fingerprint density at radius 2 is 2.25 bits per heavy atom. The summed E-state index contributed by atoms with van der Waals surface area (Å²) in [6, 6.07) is 0.848. The summed E-state index contributed by atoms with van der Waals surface area (Å²) in [6.07, 6.45) is -1.72. The van der Waals surface area contributed by atoms with Crippen LogP contribution in [0.3, 0.4) is 0 Å². The lowest BCUT2D eigenvalue weighted by Crippen LogP contribution is -2.43. The zero-order valence-electron chi connectivity index (χ0n) is 11.0. The van der Waals surface area contributed by atoms with Crippen LogP contribution in [0.15, 0.2) is 12.3 Å². The van der Waals surface area contributed by atoms with Gasteiger partial charge in [0.05, 0.1) is 6.04 Å². The molecule has 0 aromatic carbocycles. The van der Waals surface area contributed by atoms with Gasteiger partial charge in [0.2, 0.25) is 0 Å². The number of alkyl halides is 3. The number of aromatic nitrogens is 2. The molecule has 0 saturated carbocycles. The minimum atomic E-state index is -4.44. The van der Waals surface area contributed by atoms with E-state index in [9.17, 15) is 13.2 Å². The molecule has 8 heteroatoms. The monoisotopic (exact) mass is 289 g/mol. The highest BCUT2D eigenvalue weighted by Gasteiger charge is 2.34. The summed E-state index contributed by atoms with van der Waals surface area (Å²) >= 11 is 0. The third-order valence-electron chi connectivity index (χ3n) is 3.26. The van der Waals surface area contributed by atoms with Gasteiger partial charge in [-0.15, -0.1) is 0 Å². The van der Waals surface area contributed by atoms with Gasteiger partial charge in [-0.05, 0) is 25.5 Å². The van der Waals surface area contributed by atoms with E-state index in [-0.39, 0.29) is 17.9 Å². The molecule has 112 valence electrons. The second-order valence-corrected chi connectivity index (χ2v) is 4.77. The molecule has 5 nitrogen and oxygen atoms in total. The van der Waals surface area contributed by atoms with Crippen LogP contribution in [-0.2, 0) is 6.18 Å². The molecule has 1 aromatic rings. The summed E-state index contributed by atoms with van der Waals surface area (Å²) in [4.78, 5) is 7.60. The van der Waals surface area contributed by atoms with Crippen molar-refractivity contribution in [3.05, 3.63) is 23.8 Å². The van der Waals surface area contributed by atoms with Gasteiger partial charge >= 0.3 is 6.18 Å². The molecule has 0 aliphatic carbocycles. The van der Waals surface area contributed by atoms with Crippen LogP contribution in [0.2, 0.25) is 0 Å². The number of rotatable bonds is 4. The minimum Gasteiger partial charge on any atom is -0.329 e. The molecule has 1 fully saturated rings. The number of halogens is 3. The molecule has 2 heterocycles. The second-order valence-electron chi connectivity index (χ2n) is 4.77. The van der Waals surface area contributed by atoms with Gasteiger partial charge < -0.3 is 16.4 Å². The predicted molar refractivity (Wildman–Crippen MR) is 67.9 cm³/mol. The SMILES string of the molecule is NCCNC1CCNC(c2nccc(C(F)(F)F)n2)C1. The maximum atomic E-state index is 12.6. The molecule has 1 aliphatic rings. The zero-order valence-corrected chi connectivity index (χ0v) is 11.0. The van der Waals surface area contributed by atoms with Gasteiger partial charge in [0.1, 0.15) is 11.5 Å². The molecule has 1 aliphatic heterocycles. The van der Waals surface area contributed by atoms with Crippen LogP contribution in [0.5, 0.6) is 0 Å². The summed E-state index contributed by atoms with van der Waals surface area (Å²) in [6.45, 7) is 1.95. The van der Waals surface area contributed by atoms with E-state index in [1.54, 1.807) is 0 Å². The van der Waals surface area contributed by atoms with Gasteiger partial charge in [-0.2, -0.15) is 13.2 Å². The van der Waals surface area contributed by atoms with Crippen LogP contribution in [0.1, 0.15) is 30.4 Å². The number of nitrogens with two attached hydrogens (primary N) is 1. The number of nitrogens with one attached hydrogen (secondary N) is 2. The number of piperidine rings is 1. The highest BCUT2D eigenvalue weighted by molar-refractivity contribution is 5.09. The van der Waals surface area contributed by atoms with Crippen LogP contribution in [-0.4, -0.2) is 35.6 Å². The van der Waals surface area contributed by atoms with Crippen molar-refractivity contribution < 1.29 is 13.2 Å². The summed E-state index contributed by atoms with van der Waals surface area (Å²) in [5.41, 5.74) is 4.53. The molecular weight excluding hydrogens is 271 g/mol. The Morgan fingerprint density at radius 1 is 1.45 bits per heavy atom. The topological polar surface area (TPSA) is 75.9 Å². The summed E-state index contributed by atoms with van der Waals surface area (Å²) in [7, 11) is 0. The smallest absolute Gasteiger partial charge is 0.329 e. The lowest BCUT2D eigenvalue weighted by Gasteiger charge is -2.30. The largest absolute Gasteiger partial charge is 0.433 e. The molecule has 0 amide bonds. The van der Waals surface area contributed by atoms with Crippen molar-refractivity contribution in [3.8, 4) is 0 Å². The van der Waals surface area contributed by atoms with Crippen molar-refractivity contribution in [2.75, 3.05) is 19.6 Å². The van der Waals surface area contributed by atoms with Crippen LogP contribution in [0, 0.1) is 0 Å². The van der Waals surface area contributed by atoms with Gasteiger partial charge in [0.25, 0.3) is 0 Å². The van der Waals surface area contributed by atoms with Gasteiger partial charge in [0, 0.05) is 25.3 Å². The molecular formula is C12H18F3N5. The van der Waals surface area contributed by atoms with Gasteiger partial charge in [-0.1, -0.05) is 0 Å². The molecule has 4 N–H and O–H groups in total. The summed E-state index contributed by atoms with van der Waals surface area (Å²) in [5, 5.41) is 6.43. The van der Waals surface area contributed by atoms with E-state index in [1.807, 2.05) is 0 Å². The first kappa shape index (κ1) is 15.1. The van der Waals surface area contributed by atoms with Crippen LogP contribution in [0.25, 0.3) is 0 Å². The van der Waals surface area contributed by atoms with E-state index in [2.05, 4.69) is 20.6 Å². The van der Waals surface area contributed by atoms with E-state index in [4.69, 9.17) is 5.73 Å². The molecule has 0 bridgehead atoms. The van der Waals surface area contributed by atoms with E-state index >= 15 is 0 Å².